The number of nitrogen functional groups attached to an aromatic ring is 1. The summed E-state index contributed by atoms with van der Waals surface area (Å²) in [6.07, 6.45) is 6.24. The molecule has 0 bridgehead atoms. The van der Waals surface area contributed by atoms with E-state index in [-0.39, 0.29) is 24.3 Å². The normalized spacial score (nSPS) is 9.87. The van der Waals surface area contributed by atoms with Crippen molar-refractivity contribution in [3.05, 3.63) is 267 Å². The molecule has 67 heavy (non-hydrogen) atoms. The van der Waals surface area contributed by atoms with Crippen LogP contribution >= 0.6 is 0 Å². The number of phenols is 1. The van der Waals surface area contributed by atoms with Crippen LogP contribution < -0.4 is 32.8 Å². The molecule has 0 unspecified atom stereocenters. The number of hydrogen-bond donors (Lipinski definition) is 7. The molecule has 0 fully saturated rings. The van der Waals surface area contributed by atoms with Crippen molar-refractivity contribution in [2.24, 2.45) is 0 Å². The van der Waals surface area contributed by atoms with Crippen LogP contribution in [-0.4, -0.2) is 40.9 Å². The van der Waals surface area contributed by atoms with Crippen molar-refractivity contribution in [2.45, 2.75) is 13.0 Å². The molecule has 0 saturated carbocycles. The molecule has 0 aliphatic carbocycles. The van der Waals surface area contributed by atoms with Gasteiger partial charge in [-0.05, 0) is 63.2 Å². The van der Waals surface area contributed by atoms with E-state index in [2.05, 4.69) is 4.98 Å². The number of nitrogens with zero attached hydrogens (tertiary/aromatic N) is 3. The summed E-state index contributed by atoms with van der Waals surface area (Å²) in [4.78, 5) is 47.0. The molecule has 9 rings (SSSR count). The monoisotopic (exact) mass is 897 g/mol. The van der Waals surface area contributed by atoms with Gasteiger partial charge in [-0.3, -0.25) is 29.4 Å². The third kappa shape index (κ3) is 16.1. The van der Waals surface area contributed by atoms with Gasteiger partial charge in [0.25, 0.3) is 5.56 Å². The van der Waals surface area contributed by atoms with E-state index in [0.717, 1.165) is 66.1 Å². The van der Waals surface area contributed by atoms with Gasteiger partial charge in [0.15, 0.2) is 0 Å². The predicted molar refractivity (Wildman–Crippen MR) is 257 cm³/mol. The zero-order chi connectivity index (χ0) is 47.8. The fraction of sp³-hybridized carbons (Fsp3) is 0.0377. The van der Waals surface area contributed by atoms with Gasteiger partial charge < -0.3 is 21.0 Å². The van der Waals surface area contributed by atoms with Gasteiger partial charge in [0, 0.05) is 29.1 Å². The molecular weight excluding hydrogens is 849 g/mol. The van der Waals surface area contributed by atoms with Gasteiger partial charge in [0.2, 0.25) is 23.9 Å². The number of hydroxylamine groups is 1. The number of nitrogens with one attached hydrogen (secondary N) is 2. The van der Waals surface area contributed by atoms with Crippen molar-refractivity contribution >= 4 is 11.6 Å². The Labute approximate surface area is 385 Å². The maximum Gasteiger partial charge on any atom is 0.364 e. The van der Waals surface area contributed by atoms with Gasteiger partial charge in [0.1, 0.15) is 5.75 Å². The van der Waals surface area contributed by atoms with E-state index in [1.54, 1.807) is 48.3 Å². The maximum absolute atomic E-state index is 11.5. The number of H-pyrrole nitrogens is 1. The molecule has 14 nitrogen and oxygen atoms in total. The van der Waals surface area contributed by atoms with E-state index in [1.165, 1.54) is 6.07 Å². The lowest BCUT2D eigenvalue weighted by atomic mass is 10.1. The van der Waals surface area contributed by atoms with Crippen molar-refractivity contribution in [3.63, 3.8) is 0 Å². The average molecular weight is 898 g/mol. The van der Waals surface area contributed by atoms with Gasteiger partial charge >= 0.3 is 5.69 Å². The van der Waals surface area contributed by atoms with Crippen LogP contribution in [0.15, 0.2) is 239 Å². The zero-order valence-electron chi connectivity index (χ0n) is 36.1. The molecule has 14 heteroatoms. The molecule has 8 N–H and O–H groups in total. The molecule has 1 amide bonds. The lowest BCUT2D eigenvalue weighted by molar-refractivity contribution is -0.904. The number of aromatic amines is 1. The topological polar surface area (TPSA) is 217 Å². The van der Waals surface area contributed by atoms with Crippen LogP contribution in [0, 0.1) is 0 Å². The summed E-state index contributed by atoms with van der Waals surface area (Å²) in [5, 5.41) is 35.8. The first-order valence-corrected chi connectivity index (χ1v) is 20.7. The maximum atomic E-state index is 11.5. The number of aromatic nitrogens is 4. The fourth-order valence-corrected chi connectivity index (χ4v) is 6.09. The molecule has 9 aromatic rings. The van der Waals surface area contributed by atoms with Gasteiger partial charge in [-0.2, -0.15) is 0 Å². The highest BCUT2D eigenvalue weighted by Gasteiger charge is 2.05. The molecule has 0 aliphatic heterocycles. The second kappa shape index (κ2) is 25.7. The van der Waals surface area contributed by atoms with E-state index in [1.807, 2.05) is 164 Å². The second-order valence-corrected chi connectivity index (χ2v) is 14.3. The van der Waals surface area contributed by atoms with Gasteiger partial charge in [-0.15, -0.1) is 4.73 Å². The fourth-order valence-electron chi connectivity index (χ4n) is 6.09. The molecule has 3 aromatic heterocycles. The molecule has 338 valence electrons. The SMILES string of the molecule is Nc1cc(-c2ccccc2)ccc1O.O=C(Cc1ccccc1)NO.O=c1ccc(-c2ccccc2)c[nH]1.O=c1ccn(O)c(=O)n1Cc1ccccc1.O[n+]1cccc(-c2ccccc2)c1. The van der Waals surface area contributed by atoms with Crippen LogP contribution in [0.1, 0.15) is 11.1 Å². The van der Waals surface area contributed by atoms with E-state index in [0.29, 0.717) is 10.4 Å². The summed E-state index contributed by atoms with van der Waals surface area (Å²) in [6.45, 7) is 0.153. The Bertz CT molecular complexity index is 3060. The van der Waals surface area contributed by atoms with Crippen molar-refractivity contribution in [1.29, 1.82) is 0 Å². The number of rotatable bonds is 7. The van der Waals surface area contributed by atoms with Crippen LogP contribution in [0.25, 0.3) is 33.4 Å². The van der Waals surface area contributed by atoms with E-state index in [4.69, 9.17) is 16.1 Å². The quantitative estimate of drug-likeness (QED) is 0.0209. The number of amides is 1. The van der Waals surface area contributed by atoms with Gasteiger partial charge in [-0.25, -0.2) is 10.3 Å². The second-order valence-electron chi connectivity index (χ2n) is 14.3. The number of carbonyl (C=O) groups excluding carboxylic acids is 1. The summed E-state index contributed by atoms with van der Waals surface area (Å²) < 4.78 is 2.42. The molecule has 0 saturated heterocycles. The van der Waals surface area contributed by atoms with Crippen LogP contribution in [0.5, 0.6) is 5.75 Å². The lowest BCUT2D eigenvalue weighted by Crippen LogP contribution is -2.38. The summed E-state index contributed by atoms with van der Waals surface area (Å²) in [6, 6.07) is 61.6. The lowest BCUT2D eigenvalue weighted by Gasteiger charge is -2.05. The van der Waals surface area contributed by atoms with Crippen molar-refractivity contribution in [2.75, 3.05) is 5.73 Å². The van der Waals surface area contributed by atoms with Crippen molar-refractivity contribution < 1.29 is 30.3 Å². The molecule has 0 atom stereocenters. The number of anilines is 1. The Morgan fingerprint density at radius 3 is 1.60 bits per heavy atom. The summed E-state index contributed by atoms with van der Waals surface area (Å²) >= 11 is 0. The molecular formula is C53H49N6O8+. The Morgan fingerprint density at radius 2 is 1.09 bits per heavy atom. The average Bonchev–Trinajstić information content (AvgIpc) is 3.37. The highest BCUT2D eigenvalue weighted by atomic mass is 16.5. The molecule has 0 spiro atoms. The number of hydrogen-bond acceptors (Lipinski definition) is 9. The Hall–Kier alpha value is -9.27. The zero-order valence-corrected chi connectivity index (χ0v) is 36.1. The van der Waals surface area contributed by atoms with E-state index in [9.17, 15) is 29.5 Å². The molecule has 6 aromatic carbocycles. The van der Waals surface area contributed by atoms with Crippen LogP contribution in [0.2, 0.25) is 0 Å². The van der Waals surface area contributed by atoms with Crippen molar-refractivity contribution in [1.82, 2.24) is 19.8 Å². The van der Waals surface area contributed by atoms with Crippen molar-refractivity contribution in [3.8, 4) is 39.1 Å². The molecule has 0 aliphatic rings. The van der Waals surface area contributed by atoms with Crippen LogP contribution in [0.3, 0.4) is 0 Å². The number of aromatic hydroxyl groups is 1. The van der Waals surface area contributed by atoms with E-state index >= 15 is 0 Å². The van der Waals surface area contributed by atoms with Gasteiger partial charge in [0.05, 0.1) is 30.4 Å². The Balaban J connectivity index is 0.000000158. The minimum Gasteiger partial charge on any atom is -0.506 e. The summed E-state index contributed by atoms with van der Waals surface area (Å²) in [7, 11) is 0. The molecule has 0 radical (unpaired) electrons. The third-order valence-electron chi connectivity index (χ3n) is 9.49. The predicted octanol–water partition coefficient (Wildman–Crippen LogP) is 7.59. The van der Waals surface area contributed by atoms with Crippen LogP contribution in [0.4, 0.5) is 5.69 Å². The Kier molecular flexibility index (Phi) is 18.7. The van der Waals surface area contributed by atoms with E-state index < -0.39 is 17.2 Å². The molecule has 3 heterocycles. The first kappa shape index (κ1) is 48.8. The van der Waals surface area contributed by atoms with Gasteiger partial charge in [-0.1, -0.05) is 158 Å². The first-order valence-electron chi connectivity index (χ1n) is 20.7. The highest BCUT2D eigenvalue weighted by molar-refractivity contribution is 5.77. The Morgan fingerprint density at radius 1 is 0.597 bits per heavy atom. The summed E-state index contributed by atoms with van der Waals surface area (Å²) in [5.74, 6) is -0.263. The standard InChI is InChI=1S/C12H11NO.C11H10N2O3.C11H10NO.C11H9NO.C8H9NO2/c13-11-8-10(6-7-12(11)14)9-4-2-1-3-5-9;14-10-6-7-13(16)11(15)12(10)8-9-4-2-1-3-5-9;13-12-8-4-7-11(9-12)10-5-2-1-3-6-10;13-11-7-6-10(8-12-11)9-4-2-1-3-5-9;10-8(9-11)6-7-4-2-1-3-5-7/h1-8,14H,13H2;1-7,16H,8H2;1-9,13H;1-8H,(H,12,13);1-5,11H,6H2,(H,9,10)/q;;+1;;. The number of carbonyl (C=O) groups is 1. The number of nitrogens with two attached hydrogens (primary N) is 1. The number of benzene rings is 6. The number of phenolic OH excluding ortho intramolecular Hbond substituents is 1. The third-order valence-corrected chi connectivity index (χ3v) is 9.49. The summed E-state index contributed by atoms with van der Waals surface area (Å²) in [5.41, 5.74) is 14.4. The minimum absolute atomic E-state index is 0.0697. The largest absolute Gasteiger partial charge is 0.506 e. The number of pyridine rings is 2. The smallest absolute Gasteiger partial charge is 0.364 e. The first-order chi connectivity index (χ1) is 32.5. The minimum atomic E-state index is -0.739. The van der Waals surface area contributed by atoms with Crippen LogP contribution in [-0.2, 0) is 17.8 Å². The highest BCUT2D eigenvalue weighted by Crippen LogP contribution is 2.27.